The van der Waals surface area contributed by atoms with Crippen LogP contribution in [-0.2, 0) is 15.8 Å². The Morgan fingerprint density at radius 1 is 1.14 bits per heavy atom. The fraction of sp³-hybridized carbons (Fsp3) is 0.222. The lowest BCUT2D eigenvalue weighted by molar-refractivity contribution is -0.145. The molecule has 1 fully saturated rings. The Hall–Kier alpha value is -3.24. The first-order chi connectivity index (χ1) is 17.5. The van der Waals surface area contributed by atoms with E-state index >= 15 is 0 Å². The number of thioether (sulfide) groups is 1. The first-order valence-electron chi connectivity index (χ1n) is 11.4. The SMILES string of the molecule is CCCC[C@@H](C(=O)O)N1C(=O)/C(=C/c2ccc(-c3ccc(F)c(C(F)(F)F)c3)c3ccccc23)SC1=S. The lowest BCUT2D eigenvalue weighted by atomic mass is 9.93. The number of benzene rings is 3. The van der Waals surface area contributed by atoms with Gasteiger partial charge >= 0.3 is 12.1 Å². The number of unbranched alkanes of at least 4 members (excludes halogenated alkanes) is 1. The van der Waals surface area contributed by atoms with Gasteiger partial charge in [-0.3, -0.25) is 9.69 Å². The number of rotatable bonds is 7. The molecule has 3 aromatic rings. The molecule has 0 bridgehead atoms. The third-order valence-corrected chi connectivity index (χ3v) is 7.41. The minimum Gasteiger partial charge on any atom is -0.480 e. The minimum absolute atomic E-state index is 0.159. The number of carbonyl (C=O) groups is 2. The average Bonchev–Trinajstić information content (AvgIpc) is 3.12. The summed E-state index contributed by atoms with van der Waals surface area (Å²) in [4.78, 5) is 26.4. The van der Waals surface area contributed by atoms with Crippen LogP contribution in [0, 0.1) is 5.82 Å². The van der Waals surface area contributed by atoms with Crippen molar-refractivity contribution in [3.05, 3.63) is 76.4 Å². The fourth-order valence-corrected chi connectivity index (χ4v) is 5.61. The second-order valence-corrected chi connectivity index (χ2v) is 10.2. The second kappa shape index (κ2) is 10.6. The summed E-state index contributed by atoms with van der Waals surface area (Å²) in [6, 6.07) is 12.1. The van der Waals surface area contributed by atoms with E-state index < -0.39 is 35.5 Å². The van der Waals surface area contributed by atoms with E-state index in [1.807, 2.05) is 6.92 Å². The van der Waals surface area contributed by atoms with Crippen LogP contribution in [0.25, 0.3) is 28.0 Å². The van der Waals surface area contributed by atoms with Crippen LogP contribution < -0.4 is 0 Å². The number of nitrogens with zero attached hydrogens (tertiary/aromatic N) is 1. The number of alkyl halides is 3. The Morgan fingerprint density at radius 3 is 2.49 bits per heavy atom. The van der Waals surface area contributed by atoms with Crippen molar-refractivity contribution in [2.45, 2.75) is 38.4 Å². The number of thiocarbonyl (C=S) groups is 1. The summed E-state index contributed by atoms with van der Waals surface area (Å²) in [6.45, 7) is 1.92. The highest BCUT2D eigenvalue weighted by Crippen LogP contribution is 2.39. The first-order valence-corrected chi connectivity index (χ1v) is 12.6. The normalized spacial score (nSPS) is 16.1. The van der Waals surface area contributed by atoms with Crippen LogP contribution in [0.4, 0.5) is 17.6 Å². The standard InChI is InChI=1S/C27H21F4NO3S2/c1-2-3-8-22(25(34)35)32-24(33)23(37-26(32)36)14-16-9-11-18(19-7-5-4-6-17(16)19)15-10-12-21(28)20(13-15)27(29,30)31/h4-7,9-14,22H,2-3,8H2,1H3,(H,34,35)/b23-14-/t22-/m0/s1. The van der Waals surface area contributed by atoms with Gasteiger partial charge in [-0.15, -0.1) is 0 Å². The monoisotopic (exact) mass is 547 g/mol. The molecule has 0 radical (unpaired) electrons. The maximum Gasteiger partial charge on any atom is 0.419 e. The molecular weight excluding hydrogens is 526 g/mol. The van der Waals surface area contributed by atoms with Crippen LogP contribution in [0.15, 0.2) is 59.5 Å². The van der Waals surface area contributed by atoms with Gasteiger partial charge in [0, 0.05) is 0 Å². The van der Waals surface area contributed by atoms with Crippen molar-refractivity contribution in [1.29, 1.82) is 0 Å². The van der Waals surface area contributed by atoms with E-state index in [0.717, 1.165) is 35.2 Å². The number of carbonyl (C=O) groups excluding carboxylic acids is 1. The second-order valence-electron chi connectivity index (χ2n) is 8.49. The van der Waals surface area contributed by atoms with Crippen molar-refractivity contribution in [3.63, 3.8) is 0 Å². The highest BCUT2D eigenvalue weighted by molar-refractivity contribution is 8.26. The van der Waals surface area contributed by atoms with Crippen LogP contribution in [-0.4, -0.2) is 32.2 Å². The molecule has 0 saturated carbocycles. The molecule has 10 heteroatoms. The average molecular weight is 548 g/mol. The summed E-state index contributed by atoms with van der Waals surface area (Å²) in [5.74, 6) is -2.98. The quantitative estimate of drug-likeness (QED) is 0.189. The van der Waals surface area contributed by atoms with Gasteiger partial charge < -0.3 is 5.11 Å². The van der Waals surface area contributed by atoms with E-state index in [1.54, 1.807) is 42.5 Å². The van der Waals surface area contributed by atoms with Crippen molar-refractivity contribution in [2.24, 2.45) is 0 Å². The number of hydrogen-bond acceptors (Lipinski definition) is 4. The zero-order valence-electron chi connectivity index (χ0n) is 19.5. The van der Waals surface area contributed by atoms with Crippen molar-refractivity contribution in [2.75, 3.05) is 0 Å². The van der Waals surface area contributed by atoms with Crippen molar-refractivity contribution in [3.8, 4) is 11.1 Å². The fourth-order valence-electron chi connectivity index (χ4n) is 4.26. The Labute approximate surface area is 220 Å². The molecule has 192 valence electrons. The van der Waals surface area contributed by atoms with Crippen LogP contribution in [0.1, 0.15) is 37.3 Å². The molecule has 1 aliphatic rings. The van der Waals surface area contributed by atoms with Gasteiger partial charge in [0.2, 0.25) is 0 Å². The molecule has 37 heavy (non-hydrogen) atoms. The highest BCUT2D eigenvalue weighted by atomic mass is 32.2. The smallest absolute Gasteiger partial charge is 0.419 e. The van der Waals surface area contributed by atoms with Gasteiger partial charge in [0.15, 0.2) is 0 Å². The number of hydrogen-bond donors (Lipinski definition) is 1. The highest BCUT2D eigenvalue weighted by Gasteiger charge is 2.40. The van der Waals surface area contributed by atoms with E-state index in [-0.39, 0.29) is 21.2 Å². The third-order valence-electron chi connectivity index (χ3n) is 6.08. The molecule has 0 aliphatic carbocycles. The number of halogens is 4. The predicted octanol–water partition coefficient (Wildman–Crippen LogP) is 7.51. The van der Waals surface area contributed by atoms with Gasteiger partial charge in [0.05, 0.1) is 10.5 Å². The van der Waals surface area contributed by atoms with E-state index in [4.69, 9.17) is 12.2 Å². The van der Waals surface area contributed by atoms with Crippen LogP contribution in [0.5, 0.6) is 0 Å². The molecule has 0 aromatic heterocycles. The number of aliphatic carboxylic acids is 1. The molecule has 1 amide bonds. The molecule has 1 heterocycles. The van der Waals surface area contributed by atoms with Crippen LogP contribution in [0.2, 0.25) is 0 Å². The van der Waals surface area contributed by atoms with Crippen molar-refractivity contribution in [1.82, 2.24) is 4.90 Å². The van der Waals surface area contributed by atoms with E-state index in [1.165, 1.54) is 6.07 Å². The zero-order chi connectivity index (χ0) is 26.9. The van der Waals surface area contributed by atoms with Gasteiger partial charge in [-0.25, -0.2) is 9.18 Å². The number of fused-ring (bicyclic) bond motifs is 1. The summed E-state index contributed by atoms with van der Waals surface area (Å²) in [5, 5.41) is 10.9. The van der Waals surface area contributed by atoms with Gasteiger partial charge in [-0.05, 0) is 52.1 Å². The molecule has 1 saturated heterocycles. The van der Waals surface area contributed by atoms with Crippen molar-refractivity contribution >= 4 is 57.0 Å². The molecule has 1 N–H and O–H groups in total. The summed E-state index contributed by atoms with van der Waals surface area (Å²) >= 11 is 6.34. The molecule has 0 unspecified atom stereocenters. The predicted molar refractivity (Wildman–Crippen MR) is 140 cm³/mol. The molecule has 0 spiro atoms. The number of amides is 1. The minimum atomic E-state index is -4.84. The summed E-state index contributed by atoms with van der Waals surface area (Å²) < 4.78 is 53.9. The van der Waals surface area contributed by atoms with Crippen molar-refractivity contribution < 1.29 is 32.3 Å². The van der Waals surface area contributed by atoms with Gasteiger partial charge in [0.25, 0.3) is 5.91 Å². The lowest BCUT2D eigenvalue weighted by Gasteiger charge is -2.22. The molecule has 1 atom stereocenters. The van der Waals surface area contributed by atoms with Gasteiger partial charge in [0.1, 0.15) is 16.2 Å². The Bertz CT molecular complexity index is 1430. The molecule has 4 rings (SSSR count). The molecular formula is C27H21F4NO3S2. The third kappa shape index (κ3) is 5.40. The summed E-state index contributed by atoms with van der Waals surface area (Å²) in [7, 11) is 0. The summed E-state index contributed by atoms with van der Waals surface area (Å²) in [5.41, 5.74) is -0.0735. The Balaban J connectivity index is 1.76. The zero-order valence-corrected chi connectivity index (χ0v) is 21.1. The van der Waals surface area contributed by atoms with Crippen LogP contribution >= 0.6 is 24.0 Å². The van der Waals surface area contributed by atoms with E-state index in [0.29, 0.717) is 28.3 Å². The molecule has 4 nitrogen and oxygen atoms in total. The van der Waals surface area contributed by atoms with E-state index in [2.05, 4.69) is 0 Å². The molecule has 3 aromatic carbocycles. The van der Waals surface area contributed by atoms with E-state index in [9.17, 15) is 32.3 Å². The Morgan fingerprint density at radius 2 is 1.84 bits per heavy atom. The van der Waals surface area contributed by atoms with Crippen LogP contribution in [0.3, 0.4) is 0 Å². The molecule has 1 aliphatic heterocycles. The Kier molecular flexibility index (Phi) is 7.70. The topological polar surface area (TPSA) is 57.6 Å². The van der Waals surface area contributed by atoms with Gasteiger partial charge in [-0.2, -0.15) is 13.2 Å². The largest absolute Gasteiger partial charge is 0.480 e. The maximum atomic E-state index is 13.8. The maximum absolute atomic E-state index is 13.8. The first kappa shape index (κ1) is 26.8. The van der Waals surface area contributed by atoms with Gasteiger partial charge in [-0.1, -0.05) is 86.2 Å². The lowest BCUT2D eigenvalue weighted by Crippen LogP contribution is -2.43. The summed E-state index contributed by atoms with van der Waals surface area (Å²) in [6.07, 6.45) is -1.56. The number of carboxylic acid groups (broad SMARTS) is 1. The number of carboxylic acids is 1.